The number of ether oxygens (including phenoxy) is 1. The van der Waals surface area contributed by atoms with E-state index in [0.717, 1.165) is 23.4 Å². The van der Waals surface area contributed by atoms with Gasteiger partial charge in [-0.05, 0) is 36.2 Å². The first-order valence-electron chi connectivity index (χ1n) is 6.55. The summed E-state index contributed by atoms with van der Waals surface area (Å²) in [6.07, 6.45) is 0.836. The van der Waals surface area contributed by atoms with E-state index in [1.165, 1.54) is 5.56 Å². The van der Waals surface area contributed by atoms with Crippen LogP contribution in [0.4, 0.5) is 11.4 Å². The van der Waals surface area contributed by atoms with Gasteiger partial charge in [0, 0.05) is 18.4 Å². The topological polar surface area (TPSA) is 47.3 Å². The lowest BCUT2D eigenvalue weighted by molar-refractivity contribution is 0.202. The van der Waals surface area contributed by atoms with E-state index in [-0.39, 0.29) is 0 Å². The fraction of sp³-hybridized carbons (Fsp3) is 0.188. The molecule has 5 heteroatoms. The Morgan fingerprint density at radius 1 is 1.24 bits per heavy atom. The monoisotopic (exact) mass is 320 g/mol. The first-order chi connectivity index (χ1) is 10.1. The second-order valence-electron chi connectivity index (χ2n) is 4.58. The summed E-state index contributed by atoms with van der Waals surface area (Å²) in [5.41, 5.74) is 9.37. The van der Waals surface area contributed by atoms with Crippen LogP contribution < -0.4 is 11.1 Å². The van der Waals surface area contributed by atoms with Crippen LogP contribution in [-0.4, -0.2) is 18.7 Å². The van der Waals surface area contributed by atoms with Crippen molar-refractivity contribution in [1.82, 2.24) is 0 Å². The first kappa shape index (κ1) is 15.8. The number of benzene rings is 2. The Balaban J connectivity index is 2.24. The summed E-state index contributed by atoms with van der Waals surface area (Å²) in [4.78, 5) is 0.337. The predicted octanol–water partition coefficient (Wildman–Crippen LogP) is 3.91. The lowest BCUT2D eigenvalue weighted by Crippen LogP contribution is -2.09. The van der Waals surface area contributed by atoms with Crippen LogP contribution in [0, 0.1) is 0 Å². The van der Waals surface area contributed by atoms with E-state index in [4.69, 9.17) is 34.3 Å². The summed E-state index contributed by atoms with van der Waals surface area (Å²) in [6.45, 7) is 0.673. The molecule has 2 aromatic rings. The molecule has 0 aliphatic carbocycles. The fourth-order valence-electron chi connectivity index (χ4n) is 1.99. The molecule has 0 unspecified atom stereocenters. The second-order valence-corrected chi connectivity index (χ2v) is 5.43. The molecule has 2 aromatic carbocycles. The summed E-state index contributed by atoms with van der Waals surface area (Å²) in [7, 11) is 1.70. The molecular formula is C16H17ClN2OS. The summed E-state index contributed by atoms with van der Waals surface area (Å²) < 4.78 is 5.13. The predicted molar refractivity (Wildman–Crippen MR) is 92.6 cm³/mol. The minimum Gasteiger partial charge on any atom is -0.389 e. The standard InChI is InChI=1S/C16H17ClN2OS/c1-20-9-8-11-4-2-3-5-14(11)19-15-7-6-12(16(18)21)10-13(15)17/h2-7,10,19H,8-9H2,1H3,(H2,18,21). The summed E-state index contributed by atoms with van der Waals surface area (Å²) >= 11 is 11.2. The van der Waals surface area contributed by atoms with Gasteiger partial charge in [-0.15, -0.1) is 0 Å². The average molecular weight is 321 g/mol. The van der Waals surface area contributed by atoms with Gasteiger partial charge >= 0.3 is 0 Å². The van der Waals surface area contributed by atoms with Crippen molar-refractivity contribution in [3.05, 3.63) is 58.6 Å². The normalized spacial score (nSPS) is 10.4. The van der Waals surface area contributed by atoms with E-state index in [1.807, 2.05) is 30.3 Å². The number of methoxy groups -OCH3 is 1. The van der Waals surface area contributed by atoms with Crippen LogP contribution in [-0.2, 0) is 11.2 Å². The SMILES string of the molecule is COCCc1ccccc1Nc1ccc(C(N)=S)cc1Cl. The number of thiocarbonyl (C=S) groups is 1. The molecule has 21 heavy (non-hydrogen) atoms. The Kier molecular flexibility index (Phi) is 5.56. The van der Waals surface area contributed by atoms with Crippen LogP contribution >= 0.6 is 23.8 Å². The number of halogens is 1. The van der Waals surface area contributed by atoms with Gasteiger partial charge in [-0.2, -0.15) is 0 Å². The van der Waals surface area contributed by atoms with Crippen LogP contribution in [0.25, 0.3) is 0 Å². The molecule has 0 radical (unpaired) electrons. The molecule has 0 saturated carbocycles. The molecule has 0 aliphatic rings. The molecule has 0 spiro atoms. The highest BCUT2D eigenvalue weighted by molar-refractivity contribution is 7.80. The van der Waals surface area contributed by atoms with Crippen molar-refractivity contribution >= 4 is 40.2 Å². The number of hydrogen-bond acceptors (Lipinski definition) is 3. The van der Waals surface area contributed by atoms with E-state index >= 15 is 0 Å². The molecule has 0 amide bonds. The van der Waals surface area contributed by atoms with Gasteiger partial charge in [-0.3, -0.25) is 0 Å². The van der Waals surface area contributed by atoms with E-state index in [1.54, 1.807) is 13.2 Å². The Morgan fingerprint density at radius 3 is 2.67 bits per heavy atom. The zero-order valence-electron chi connectivity index (χ0n) is 11.7. The second kappa shape index (κ2) is 7.41. The van der Waals surface area contributed by atoms with Crippen molar-refractivity contribution in [2.75, 3.05) is 19.0 Å². The number of para-hydroxylation sites is 1. The molecule has 0 fully saturated rings. The maximum Gasteiger partial charge on any atom is 0.104 e. The molecular weight excluding hydrogens is 304 g/mol. The molecule has 0 heterocycles. The van der Waals surface area contributed by atoms with Crippen molar-refractivity contribution in [3.8, 4) is 0 Å². The van der Waals surface area contributed by atoms with Crippen LogP contribution in [0.5, 0.6) is 0 Å². The Labute approximate surface area is 135 Å². The molecule has 0 aromatic heterocycles. The van der Waals surface area contributed by atoms with E-state index in [2.05, 4.69) is 11.4 Å². The first-order valence-corrected chi connectivity index (χ1v) is 7.33. The smallest absolute Gasteiger partial charge is 0.104 e. The molecule has 110 valence electrons. The Hall–Kier alpha value is -1.62. The van der Waals surface area contributed by atoms with Gasteiger partial charge in [0.05, 0.1) is 17.3 Å². The van der Waals surface area contributed by atoms with Crippen molar-refractivity contribution < 1.29 is 4.74 Å². The van der Waals surface area contributed by atoms with Gasteiger partial charge in [-0.25, -0.2) is 0 Å². The van der Waals surface area contributed by atoms with Gasteiger partial charge in [0.25, 0.3) is 0 Å². The van der Waals surface area contributed by atoms with Crippen molar-refractivity contribution in [2.24, 2.45) is 5.73 Å². The highest BCUT2D eigenvalue weighted by Crippen LogP contribution is 2.28. The number of nitrogens with one attached hydrogen (secondary N) is 1. The minimum atomic E-state index is 0.337. The lowest BCUT2D eigenvalue weighted by Gasteiger charge is -2.13. The van der Waals surface area contributed by atoms with E-state index < -0.39 is 0 Å². The third-order valence-corrected chi connectivity index (χ3v) is 3.66. The van der Waals surface area contributed by atoms with Crippen molar-refractivity contribution in [3.63, 3.8) is 0 Å². The van der Waals surface area contributed by atoms with E-state index in [9.17, 15) is 0 Å². The molecule has 2 rings (SSSR count). The largest absolute Gasteiger partial charge is 0.389 e. The quantitative estimate of drug-likeness (QED) is 0.792. The van der Waals surface area contributed by atoms with E-state index in [0.29, 0.717) is 16.6 Å². The van der Waals surface area contributed by atoms with Crippen LogP contribution in [0.1, 0.15) is 11.1 Å². The highest BCUT2D eigenvalue weighted by atomic mass is 35.5. The number of hydrogen-bond donors (Lipinski definition) is 2. The maximum absolute atomic E-state index is 6.28. The maximum atomic E-state index is 6.28. The average Bonchev–Trinajstić information content (AvgIpc) is 2.48. The van der Waals surface area contributed by atoms with Gasteiger partial charge in [-0.1, -0.05) is 42.0 Å². The lowest BCUT2D eigenvalue weighted by atomic mass is 10.1. The number of rotatable bonds is 6. The Bertz CT molecular complexity index is 646. The van der Waals surface area contributed by atoms with Gasteiger partial charge in [0.1, 0.15) is 4.99 Å². The van der Waals surface area contributed by atoms with Crippen LogP contribution in [0.15, 0.2) is 42.5 Å². The zero-order chi connectivity index (χ0) is 15.2. The zero-order valence-corrected chi connectivity index (χ0v) is 13.3. The summed E-state index contributed by atoms with van der Waals surface area (Å²) in [5.74, 6) is 0. The molecule has 0 aliphatic heterocycles. The van der Waals surface area contributed by atoms with Gasteiger partial charge in [0.2, 0.25) is 0 Å². The summed E-state index contributed by atoms with van der Waals surface area (Å²) in [6, 6.07) is 13.6. The molecule has 3 nitrogen and oxygen atoms in total. The molecule has 3 N–H and O–H groups in total. The van der Waals surface area contributed by atoms with Gasteiger partial charge in [0.15, 0.2) is 0 Å². The molecule has 0 bridgehead atoms. The third kappa shape index (κ3) is 4.17. The van der Waals surface area contributed by atoms with Crippen LogP contribution in [0.3, 0.4) is 0 Å². The highest BCUT2D eigenvalue weighted by Gasteiger charge is 2.07. The molecule has 0 saturated heterocycles. The van der Waals surface area contributed by atoms with Crippen molar-refractivity contribution in [1.29, 1.82) is 0 Å². The third-order valence-electron chi connectivity index (χ3n) is 3.12. The minimum absolute atomic E-state index is 0.337. The molecule has 0 atom stereocenters. The Morgan fingerprint density at radius 2 is 2.00 bits per heavy atom. The summed E-state index contributed by atoms with van der Waals surface area (Å²) in [5, 5.41) is 3.93. The van der Waals surface area contributed by atoms with Crippen molar-refractivity contribution in [2.45, 2.75) is 6.42 Å². The fourth-order valence-corrected chi connectivity index (χ4v) is 2.34. The van der Waals surface area contributed by atoms with Crippen LogP contribution in [0.2, 0.25) is 5.02 Å². The number of nitrogens with two attached hydrogens (primary N) is 1. The van der Waals surface area contributed by atoms with Gasteiger partial charge < -0.3 is 15.8 Å². The number of anilines is 2.